The molecule has 4 rings (SSSR count). The molecule has 2 amide bonds. The average molecular weight is 424 g/mol. The van der Waals surface area contributed by atoms with Crippen LogP contribution in [-0.4, -0.2) is 34.6 Å². The maximum atomic E-state index is 13.3. The van der Waals surface area contributed by atoms with E-state index in [0.717, 1.165) is 48.8 Å². The molecule has 1 spiro atoms. The van der Waals surface area contributed by atoms with Crippen molar-refractivity contribution in [1.82, 2.24) is 10.2 Å². The number of aryl methyl sites for hydroxylation is 1. The van der Waals surface area contributed by atoms with E-state index >= 15 is 0 Å². The predicted molar refractivity (Wildman–Crippen MR) is 119 cm³/mol. The van der Waals surface area contributed by atoms with Crippen LogP contribution in [0.4, 0.5) is 0 Å². The van der Waals surface area contributed by atoms with Crippen molar-refractivity contribution in [2.24, 2.45) is 4.99 Å². The van der Waals surface area contributed by atoms with Gasteiger partial charge in [-0.3, -0.25) is 14.6 Å². The Labute approximate surface area is 182 Å². The van der Waals surface area contributed by atoms with Gasteiger partial charge in [0.2, 0.25) is 5.91 Å². The first-order valence-electron chi connectivity index (χ1n) is 10.5. The third kappa shape index (κ3) is 4.12. The third-order valence-corrected chi connectivity index (χ3v) is 6.33. The first kappa shape index (κ1) is 20.6. The molecule has 156 valence electrons. The number of benzene rings is 2. The lowest BCUT2D eigenvalue weighted by atomic mass is 9.88. The lowest BCUT2D eigenvalue weighted by Crippen LogP contribution is -2.52. The van der Waals surface area contributed by atoms with Crippen LogP contribution in [0.25, 0.3) is 0 Å². The minimum absolute atomic E-state index is 0.0192. The molecule has 2 aromatic carbocycles. The second kappa shape index (κ2) is 8.60. The van der Waals surface area contributed by atoms with E-state index in [2.05, 4.69) is 5.32 Å². The van der Waals surface area contributed by atoms with E-state index in [9.17, 15) is 9.59 Å². The first-order valence-corrected chi connectivity index (χ1v) is 10.9. The molecule has 0 radical (unpaired) electrons. The van der Waals surface area contributed by atoms with Crippen LogP contribution >= 0.6 is 11.6 Å². The summed E-state index contributed by atoms with van der Waals surface area (Å²) in [6.07, 6.45) is 4.73. The summed E-state index contributed by atoms with van der Waals surface area (Å²) in [6.45, 7) is 2.49. The maximum Gasteiger partial charge on any atom is 0.275 e. The Bertz CT molecular complexity index is 978. The standard InChI is InChI=1S/C24H26ClN3O2/c1-17-7-3-4-8-19(17)15-26-21(29)16-28-23(30)22(18-9-11-20(25)12-10-18)27-24(28)13-5-2-6-14-24/h3-4,7-12H,2,5-6,13-16H2,1H3,(H,26,29). The van der Waals surface area contributed by atoms with Crippen molar-refractivity contribution >= 4 is 29.1 Å². The van der Waals surface area contributed by atoms with Gasteiger partial charge in [0.25, 0.3) is 5.91 Å². The number of nitrogens with one attached hydrogen (secondary N) is 1. The fourth-order valence-electron chi connectivity index (χ4n) is 4.35. The van der Waals surface area contributed by atoms with Crippen LogP contribution in [0.2, 0.25) is 5.02 Å². The van der Waals surface area contributed by atoms with Crippen LogP contribution < -0.4 is 5.32 Å². The quantitative estimate of drug-likeness (QED) is 0.781. The van der Waals surface area contributed by atoms with E-state index in [1.54, 1.807) is 17.0 Å². The Kier molecular flexibility index (Phi) is 5.91. The van der Waals surface area contributed by atoms with E-state index in [4.69, 9.17) is 16.6 Å². The molecular formula is C24H26ClN3O2. The number of hydrogen-bond donors (Lipinski definition) is 1. The molecule has 1 saturated carbocycles. The maximum absolute atomic E-state index is 13.3. The van der Waals surface area contributed by atoms with Gasteiger partial charge in [0.15, 0.2) is 0 Å². The average Bonchev–Trinajstić information content (AvgIpc) is 3.00. The van der Waals surface area contributed by atoms with Crippen molar-refractivity contribution in [2.75, 3.05) is 6.54 Å². The number of nitrogens with zero attached hydrogens (tertiary/aromatic N) is 2. The Morgan fingerprint density at radius 3 is 2.50 bits per heavy atom. The molecule has 1 fully saturated rings. The lowest BCUT2D eigenvalue weighted by molar-refractivity contribution is -0.136. The summed E-state index contributed by atoms with van der Waals surface area (Å²) in [5, 5.41) is 3.59. The number of aliphatic imine (C=N–C) groups is 1. The monoisotopic (exact) mass is 423 g/mol. The molecule has 0 atom stereocenters. The molecule has 0 unspecified atom stereocenters. The summed E-state index contributed by atoms with van der Waals surface area (Å²) < 4.78 is 0. The van der Waals surface area contributed by atoms with E-state index in [-0.39, 0.29) is 18.4 Å². The van der Waals surface area contributed by atoms with E-state index in [1.807, 2.05) is 43.3 Å². The molecule has 6 heteroatoms. The van der Waals surface area contributed by atoms with Gasteiger partial charge in [-0.05, 0) is 55.9 Å². The second-order valence-corrected chi connectivity index (χ2v) is 8.54. The van der Waals surface area contributed by atoms with Crippen molar-refractivity contribution in [1.29, 1.82) is 0 Å². The first-order chi connectivity index (χ1) is 14.5. The molecule has 2 aromatic rings. The zero-order valence-corrected chi connectivity index (χ0v) is 17.9. The van der Waals surface area contributed by atoms with Crippen LogP contribution in [0.15, 0.2) is 53.5 Å². The van der Waals surface area contributed by atoms with Gasteiger partial charge in [0.1, 0.15) is 17.9 Å². The highest BCUT2D eigenvalue weighted by atomic mass is 35.5. The number of rotatable bonds is 5. The van der Waals surface area contributed by atoms with Crippen LogP contribution in [0.5, 0.6) is 0 Å². The largest absolute Gasteiger partial charge is 0.350 e. The minimum Gasteiger partial charge on any atom is -0.350 e. The van der Waals surface area contributed by atoms with Gasteiger partial charge >= 0.3 is 0 Å². The number of carbonyl (C=O) groups excluding carboxylic acids is 2. The highest BCUT2D eigenvalue weighted by molar-refractivity contribution is 6.47. The van der Waals surface area contributed by atoms with Crippen molar-refractivity contribution in [3.05, 3.63) is 70.2 Å². The Morgan fingerprint density at radius 1 is 1.10 bits per heavy atom. The highest BCUT2D eigenvalue weighted by Crippen LogP contribution is 2.39. The number of halogens is 1. The molecule has 30 heavy (non-hydrogen) atoms. The molecule has 1 N–H and O–H groups in total. The van der Waals surface area contributed by atoms with Crippen molar-refractivity contribution in [3.8, 4) is 0 Å². The topological polar surface area (TPSA) is 61.8 Å². The molecule has 1 heterocycles. The molecule has 1 aliphatic carbocycles. The lowest BCUT2D eigenvalue weighted by Gasteiger charge is -2.38. The number of hydrogen-bond acceptors (Lipinski definition) is 3. The summed E-state index contributed by atoms with van der Waals surface area (Å²) >= 11 is 6.00. The Hall–Kier alpha value is -2.66. The Morgan fingerprint density at radius 2 is 1.80 bits per heavy atom. The van der Waals surface area contributed by atoms with Crippen molar-refractivity contribution in [2.45, 2.75) is 51.2 Å². The number of carbonyl (C=O) groups is 2. The fourth-order valence-corrected chi connectivity index (χ4v) is 4.48. The van der Waals surface area contributed by atoms with Gasteiger partial charge in [0, 0.05) is 17.1 Å². The summed E-state index contributed by atoms with van der Waals surface area (Å²) in [6, 6.07) is 15.1. The summed E-state index contributed by atoms with van der Waals surface area (Å²) in [5.41, 5.74) is 2.78. The van der Waals surface area contributed by atoms with E-state index < -0.39 is 5.66 Å². The van der Waals surface area contributed by atoms with Gasteiger partial charge in [-0.25, -0.2) is 0 Å². The Balaban J connectivity index is 1.52. The van der Waals surface area contributed by atoms with Crippen molar-refractivity contribution in [3.63, 3.8) is 0 Å². The zero-order chi connectivity index (χ0) is 21.1. The fraction of sp³-hybridized carbons (Fsp3) is 0.375. The summed E-state index contributed by atoms with van der Waals surface area (Å²) in [7, 11) is 0. The van der Waals surface area contributed by atoms with E-state index in [1.165, 1.54) is 0 Å². The van der Waals surface area contributed by atoms with Gasteiger partial charge in [-0.1, -0.05) is 54.4 Å². The van der Waals surface area contributed by atoms with Crippen LogP contribution in [0.3, 0.4) is 0 Å². The zero-order valence-electron chi connectivity index (χ0n) is 17.2. The van der Waals surface area contributed by atoms with Crippen molar-refractivity contribution < 1.29 is 9.59 Å². The second-order valence-electron chi connectivity index (χ2n) is 8.10. The van der Waals surface area contributed by atoms with Gasteiger partial charge in [-0.15, -0.1) is 0 Å². The van der Waals surface area contributed by atoms with E-state index in [0.29, 0.717) is 17.3 Å². The van der Waals surface area contributed by atoms with Crippen LogP contribution in [-0.2, 0) is 16.1 Å². The highest BCUT2D eigenvalue weighted by Gasteiger charge is 2.48. The van der Waals surface area contributed by atoms with Crippen LogP contribution in [0, 0.1) is 6.92 Å². The molecule has 1 aliphatic heterocycles. The minimum atomic E-state index is -0.607. The normalized spacial score (nSPS) is 17.9. The molecule has 2 aliphatic rings. The molecule has 5 nitrogen and oxygen atoms in total. The summed E-state index contributed by atoms with van der Waals surface area (Å²) in [5.74, 6) is -0.339. The van der Waals surface area contributed by atoms with Gasteiger partial charge in [-0.2, -0.15) is 0 Å². The SMILES string of the molecule is Cc1ccccc1CNC(=O)CN1C(=O)C(c2ccc(Cl)cc2)=NC12CCCCC2. The third-order valence-electron chi connectivity index (χ3n) is 6.08. The van der Waals surface area contributed by atoms with Crippen LogP contribution in [0.1, 0.15) is 48.8 Å². The van der Waals surface area contributed by atoms with Gasteiger partial charge in [0.05, 0.1) is 0 Å². The summed E-state index contributed by atoms with van der Waals surface area (Å²) in [4.78, 5) is 32.7. The molecule has 0 aromatic heterocycles. The predicted octanol–water partition coefficient (Wildman–Crippen LogP) is 4.26. The molecular weight excluding hydrogens is 398 g/mol. The molecule has 0 bridgehead atoms. The smallest absolute Gasteiger partial charge is 0.275 e. The number of amides is 2. The van der Waals surface area contributed by atoms with Gasteiger partial charge < -0.3 is 10.2 Å². The molecule has 0 saturated heterocycles.